The summed E-state index contributed by atoms with van der Waals surface area (Å²) in [5.41, 5.74) is 1.28. The van der Waals surface area contributed by atoms with Gasteiger partial charge in [0.15, 0.2) is 0 Å². The molecule has 1 aliphatic carbocycles. The number of benzene rings is 1. The molecular weight excluding hydrogens is 326 g/mol. The van der Waals surface area contributed by atoms with Crippen molar-refractivity contribution in [2.45, 2.75) is 38.1 Å². The molecule has 3 rings (SSSR count). The predicted octanol–water partition coefficient (Wildman–Crippen LogP) is 1.92. The van der Waals surface area contributed by atoms with Crippen LogP contribution >= 0.6 is 0 Å². The summed E-state index contributed by atoms with van der Waals surface area (Å²) in [7, 11) is 4.11. The molecule has 1 unspecified atom stereocenters. The summed E-state index contributed by atoms with van der Waals surface area (Å²) in [5, 5.41) is 3.15. The van der Waals surface area contributed by atoms with Gasteiger partial charge in [-0.05, 0) is 51.8 Å². The first kappa shape index (κ1) is 18.9. The largest absolute Gasteiger partial charge is 0.354 e. The summed E-state index contributed by atoms with van der Waals surface area (Å²) in [5.74, 6) is 0.764. The molecule has 1 saturated carbocycles. The molecule has 26 heavy (non-hydrogen) atoms. The van der Waals surface area contributed by atoms with Crippen molar-refractivity contribution in [2.24, 2.45) is 11.8 Å². The van der Waals surface area contributed by atoms with Gasteiger partial charge in [0.1, 0.15) is 0 Å². The number of likely N-dealkylation sites (tertiary alicyclic amines) is 1. The zero-order valence-electron chi connectivity index (χ0n) is 16.0. The van der Waals surface area contributed by atoms with Gasteiger partial charge in [0, 0.05) is 37.5 Å². The van der Waals surface area contributed by atoms with Gasteiger partial charge in [-0.1, -0.05) is 30.3 Å². The maximum atomic E-state index is 12.6. The summed E-state index contributed by atoms with van der Waals surface area (Å²) >= 11 is 0. The summed E-state index contributed by atoms with van der Waals surface area (Å²) < 4.78 is 0. The number of amides is 2. The molecule has 142 valence electrons. The molecule has 1 aliphatic heterocycles. The number of hydrogen-bond acceptors (Lipinski definition) is 3. The number of nitrogens with zero attached hydrogens (tertiary/aromatic N) is 2. The Labute approximate surface area is 156 Å². The van der Waals surface area contributed by atoms with Crippen molar-refractivity contribution in [1.82, 2.24) is 15.1 Å². The first-order valence-corrected chi connectivity index (χ1v) is 9.81. The van der Waals surface area contributed by atoms with E-state index in [0.717, 1.165) is 45.2 Å². The topological polar surface area (TPSA) is 52.7 Å². The van der Waals surface area contributed by atoms with Crippen molar-refractivity contribution in [3.05, 3.63) is 35.9 Å². The van der Waals surface area contributed by atoms with Crippen LogP contribution in [0.1, 0.15) is 31.2 Å². The second kappa shape index (κ2) is 8.67. The van der Waals surface area contributed by atoms with Gasteiger partial charge in [0.25, 0.3) is 0 Å². The third-order valence-corrected chi connectivity index (χ3v) is 5.66. The van der Waals surface area contributed by atoms with E-state index in [1.165, 1.54) is 5.56 Å². The van der Waals surface area contributed by atoms with Crippen LogP contribution in [0.5, 0.6) is 0 Å². The maximum absolute atomic E-state index is 12.6. The zero-order chi connectivity index (χ0) is 18.5. The van der Waals surface area contributed by atoms with Crippen LogP contribution in [0.2, 0.25) is 0 Å². The molecule has 1 aromatic rings. The Bertz CT molecular complexity index is 605. The number of likely N-dealkylation sites (N-methyl/N-ethyl adjacent to an activating group) is 1. The molecule has 1 saturated heterocycles. The molecule has 1 atom stereocenters. The minimum atomic E-state index is 0.0396. The highest BCUT2D eigenvalue weighted by Gasteiger charge is 2.36. The van der Waals surface area contributed by atoms with E-state index >= 15 is 0 Å². The van der Waals surface area contributed by atoms with Crippen LogP contribution in [-0.4, -0.2) is 61.4 Å². The highest BCUT2D eigenvalue weighted by atomic mass is 16.2. The highest BCUT2D eigenvalue weighted by molar-refractivity contribution is 5.82. The lowest BCUT2D eigenvalue weighted by molar-refractivity contribution is -0.136. The maximum Gasteiger partial charge on any atom is 0.225 e. The molecule has 2 fully saturated rings. The average molecular weight is 357 g/mol. The molecule has 0 radical (unpaired) electrons. The quantitative estimate of drug-likeness (QED) is 0.811. The molecule has 1 heterocycles. The lowest BCUT2D eigenvalue weighted by Gasteiger charge is -2.32. The molecule has 2 aliphatic rings. The van der Waals surface area contributed by atoms with Gasteiger partial charge in [0.2, 0.25) is 11.8 Å². The van der Waals surface area contributed by atoms with Crippen molar-refractivity contribution in [3.63, 3.8) is 0 Å². The molecule has 2 amide bonds. The molecule has 5 heteroatoms. The van der Waals surface area contributed by atoms with E-state index in [2.05, 4.69) is 48.6 Å². The van der Waals surface area contributed by atoms with Crippen LogP contribution in [0, 0.1) is 11.8 Å². The molecule has 0 aromatic heterocycles. The fourth-order valence-electron chi connectivity index (χ4n) is 3.64. The van der Waals surface area contributed by atoms with Crippen LogP contribution in [-0.2, 0) is 16.0 Å². The van der Waals surface area contributed by atoms with Gasteiger partial charge in [-0.3, -0.25) is 9.59 Å². The van der Waals surface area contributed by atoms with Crippen LogP contribution in [0.4, 0.5) is 0 Å². The normalized spacial score (nSPS) is 19.4. The lowest BCUT2D eigenvalue weighted by atomic mass is 9.95. The highest BCUT2D eigenvalue weighted by Crippen LogP contribution is 2.32. The minimum Gasteiger partial charge on any atom is -0.354 e. The summed E-state index contributed by atoms with van der Waals surface area (Å²) in [6.45, 7) is 2.12. The minimum absolute atomic E-state index is 0.0396. The van der Waals surface area contributed by atoms with E-state index in [1.807, 2.05) is 11.0 Å². The molecular formula is C21H31N3O2. The van der Waals surface area contributed by atoms with E-state index in [9.17, 15) is 9.59 Å². The molecule has 0 bridgehead atoms. The van der Waals surface area contributed by atoms with E-state index in [-0.39, 0.29) is 23.8 Å². The second-order valence-corrected chi connectivity index (χ2v) is 7.93. The fraction of sp³-hybridized carbons (Fsp3) is 0.619. The van der Waals surface area contributed by atoms with Crippen LogP contribution in [0.25, 0.3) is 0 Å². The Kier molecular flexibility index (Phi) is 6.30. The fourth-order valence-corrected chi connectivity index (χ4v) is 3.64. The molecule has 1 N–H and O–H groups in total. The second-order valence-electron chi connectivity index (χ2n) is 7.93. The SMILES string of the molecule is CN(C)C(CNC(=O)C1CCN(C(=O)C2CC2)CC1)Cc1ccccc1. The number of carbonyl (C=O) groups excluding carboxylic acids is 2. The van der Waals surface area contributed by atoms with Crippen molar-refractivity contribution >= 4 is 11.8 Å². The molecule has 1 aromatic carbocycles. The number of piperidine rings is 1. The first-order chi connectivity index (χ1) is 12.5. The number of nitrogens with one attached hydrogen (secondary N) is 1. The third-order valence-electron chi connectivity index (χ3n) is 5.66. The van der Waals surface area contributed by atoms with Crippen LogP contribution in [0.3, 0.4) is 0 Å². The van der Waals surface area contributed by atoms with Gasteiger partial charge in [0.05, 0.1) is 0 Å². The van der Waals surface area contributed by atoms with E-state index < -0.39 is 0 Å². The van der Waals surface area contributed by atoms with E-state index in [4.69, 9.17) is 0 Å². The summed E-state index contributed by atoms with van der Waals surface area (Å²) in [6, 6.07) is 10.7. The van der Waals surface area contributed by atoms with E-state index in [1.54, 1.807) is 0 Å². The van der Waals surface area contributed by atoms with Gasteiger partial charge < -0.3 is 15.1 Å². The standard InChI is InChI=1S/C21H31N3O2/c1-23(2)19(14-16-6-4-3-5-7-16)15-22-20(25)17-10-12-24(13-11-17)21(26)18-8-9-18/h3-7,17-19H,8-15H2,1-2H3,(H,22,25). The Morgan fingerprint density at radius 2 is 1.73 bits per heavy atom. The van der Waals surface area contributed by atoms with Gasteiger partial charge in [-0.2, -0.15) is 0 Å². The Morgan fingerprint density at radius 3 is 2.31 bits per heavy atom. The van der Waals surface area contributed by atoms with Gasteiger partial charge in [-0.15, -0.1) is 0 Å². The molecule has 5 nitrogen and oxygen atoms in total. The van der Waals surface area contributed by atoms with E-state index in [0.29, 0.717) is 12.5 Å². The lowest BCUT2D eigenvalue weighted by Crippen LogP contribution is -2.46. The van der Waals surface area contributed by atoms with Crippen molar-refractivity contribution in [3.8, 4) is 0 Å². The summed E-state index contributed by atoms with van der Waals surface area (Å²) in [6.07, 6.45) is 4.59. The average Bonchev–Trinajstić information content (AvgIpc) is 3.50. The van der Waals surface area contributed by atoms with Crippen molar-refractivity contribution in [1.29, 1.82) is 0 Å². The van der Waals surface area contributed by atoms with Crippen LogP contribution < -0.4 is 5.32 Å². The van der Waals surface area contributed by atoms with Crippen LogP contribution in [0.15, 0.2) is 30.3 Å². The monoisotopic (exact) mass is 357 g/mol. The number of carbonyl (C=O) groups is 2. The Balaban J connectivity index is 1.44. The van der Waals surface area contributed by atoms with Gasteiger partial charge >= 0.3 is 0 Å². The summed E-state index contributed by atoms with van der Waals surface area (Å²) in [4.78, 5) is 28.8. The van der Waals surface area contributed by atoms with Crippen molar-refractivity contribution in [2.75, 3.05) is 33.7 Å². The number of rotatable bonds is 7. The third kappa shape index (κ3) is 5.07. The first-order valence-electron chi connectivity index (χ1n) is 9.81. The zero-order valence-corrected chi connectivity index (χ0v) is 16.0. The van der Waals surface area contributed by atoms with Crippen molar-refractivity contribution < 1.29 is 9.59 Å². The number of hydrogen-bond donors (Lipinski definition) is 1. The Hall–Kier alpha value is -1.88. The predicted molar refractivity (Wildman–Crippen MR) is 103 cm³/mol. The van der Waals surface area contributed by atoms with Gasteiger partial charge in [-0.25, -0.2) is 0 Å². The molecule has 0 spiro atoms. The Morgan fingerprint density at radius 1 is 1.08 bits per heavy atom. The smallest absolute Gasteiger partial charge is 0.225 e.